The van der Waals surface area contributed by atoms with Crippen LogP contribution in [0.4, 0.5) is 17.3 Å². The van der Waals surface area contributed by atoms with E-state index in [0.29, 0.717) is 33.6 Å². The number of pyridine rings is 2. The fraction of sp³-hybridized carbons (Fsp3) is 0.0667. The fourth-order valence-corrected chi connectivity index (χ4v) is 2.24. The summed E-state index contributed by atoms with van der Waals surface area (Å²) in [6.45, 7) is 0.112. The van der Waals surface area contributed by atoms with Crippen molar-refractivity contribution in [2.45, 2.75) is 0 Å². The van der Waals surface area contributed by atoms with E-state index in [2.05, 4.69) is 30.9 Å². The van der Waals surface area contributed by atoms with Gasteiger partial charge in [-0.15, -0.1) is 5.10 Å². The molecular weight excluding hydrogens is 342 g/mol. The number of nitrogens with one attached hydrogen (secondary N) is 2. The molecule has 0 unspecified atom stereocenters. The average Bonchev–Trinajstić information content (AvgIpc) is 3.16. The molecule has 2 N–H and O–H groups in total. The van der Waals surface area contributed by atoms with Gasteiger partial charge in [-0.25, -0.2) is 14.6 Å². The zero-order chi connectivity index (χ0) is 17.6. The summed E-state index contributed by atoms with van der Waals surface area (Å²) < 4.78 is 1.53. The topological polar surface area (TPSA) is 128 Å². The lowest BCUT2D eigenvalue weighted by molar-refractivity contribution is 0.800. The van der Waals surface area contributed by atoms with Gasteiger partial charge in [-0.05, 0) is 6.07 Å². The Labute approximate surface area is 147 Å². The minimum atomic E-state index is 0.112. The molecule has 0 atom stereocenters. The van der Waals surface area contributed by atoms with Gasteiger partial charge in [0.2, 0.25) is 0 Å². The lowest BCUT2D eigenvalue weighted by Crippen LogP contribution is -2.07. The Morgan fingerprint density at radius 1 is 1.20 bits per heavy atom. The van der Waals surface area contributed by atoms with Gasteiger partial charge in [-0.2, -0.15) is 10.5 Å². The van der Waals surface area contributed by atoms with E-state index in [9.17, 15) is 0 Å². The number of aromatic nitrogens is 5. The average molecular weight is 352 g/mol. The van der Waals surface area contributed by atoms with Crippen LogP contribution in [-0.2, 0) is 0 Å². The van der Waals surface area contributed by atoms with Gasteiger partial charge in [0.15, 0.2) is 0 Å². The molecule has 0 amide bonds. The van der Waals surface area contributed by atoms with Crippen molar-refractivity contribution in [1.82, 2.24) is 25.0 Å². The predicted molar refractivity (Wildman–Crippen MR) is 90.5 cm³/mol. The van der Waals surface area contributed by atoms with Crippen molar-refractivity contribution in [3.8, 4) is 17.8 Å². The Morgan fingerprint density at radius 3 is 2.76 bits per heavy atom. The third kappa shape index (κ3) is 3.63. The van der Waals surface area contributed by atoms with E-state index < -0.39 is 0 Å². The lowest BCUT2D eigenvalue weighted by atomic mass is 10.3. The minimum Gasteiger partial charge on any atom is -0.370 e. The Kier molecular flexibility index (Phi) is 4.69. The molecule has 3 heterocycles. The molecule has 0 saturated carbocycles. The number of rotatable bonds is 5. The first-order valence-corrected chi connectivity index (χ1v) is 7.39. The van der Waals surface area contributed by atoms with E-state index in [1.165, 1.54) is 16.9 Å². The van der Waals surface area contributed by atoms with Gasteiger partial charge in [-0.3, -0.25) is 0 Å². The molecule has 3 aromatic heterocycles. The van der Waals surface area contributed by atoms with Crippen LogP contribution in [0.1, 0.15) is 5.56 Å². The standard InChI is InChI=1S/C15H10ClN9/c16-11-5-10(7-18)8-21-15(11)23-14-6-12(19-2-1-17)13(9-20-14)25-4-3-22-24-25/h3-6,8-9H,2H2,(H2,19,20,21,23). The van der Waals surface area contributed by atoms with Crippen LogP contribution in [-0.4, -0.2) is 31.5 Å². The smallest absolute Gasteiger partial charge is 0.150 e. The molecular formula is C15H10ClN9. The molecule has 9 nitrogen and oxygen atoms in total. The summed E-state index contributed by atoms with van der Waals surface area (Å²) in [6, 6.07) is 7.19. The highest BCUT2D eigenvalue weighted by Crippen LogP contribution is 2.26. The molecule has 10 heteroatoms. The van der Waals surface area contributed by atoms with Crippen molar-refractivity contribution in [1.29, 1.82) is 10.5 Å². The summed E-state index contributed by atoms with van der Waals surface area (Å²) in [5, 5.41) is 31.6. The van der Waals surface area contributed by atoms with Gasteiger partial charge in [0.25, 0.3) is 0 Å². The Bertz CT molecular complexity index is 970. The van der Waals surface area contributed by atoms with Crippen molar-refractivity contribution in [2.24, 2.45) is 0 Å². The van der Waals surface area contributed by atoms with E-state index in [1.54, 1.807) is 24.7 Å². The molecule has 0 saturated heterocycles. The molecule has 0 radical (unpaired) electrons. The molecule has 0 aliphatic rings. The zero-order valence-corrected chi connectivity index (χ0v) is 13.4. The maximum Gasteiger partial charge on any atom is 0.150 e. The fourth-order valence-electron chi connectivity index (χ4n) is 2.02. The van der Waals surface area contributed by atoms with Gasteiger partial charge in [0.1, 0.15) is 29.9 Å². The van der Waals surface area contributed by atoms with Crippen LogP contribution in [0.3, 0.4) is 0 Å². The normalized spacial score (nSPS) is 9.88. The number of nitriles is 2. The van der Waals surface area contributed by atoms with Crippen LogP contribution in [0.2, 0.25) is 5.02 Å². The molecule has 0 bridgehead atoms. The Morgan fingerprint density at radius 2 is 2.08 bits per heavy atom. The lowest BCUT2D eigenvalue weighted by Gasteiger charge is -2.12. The second-order valence-corrected chi connectivity index (χ2v) is 5.14. The van der Waals surface area contributed by atoms with Crippen molar-refractivity contribution in [3.63, 3.8) is 0 Å². The second-order valence-electron chi connectivity index (χ2n) is 4.74. The number of anilines is 3. The van der Waals surface area contributed by atoms with Crippen molar-refractivity contribution >= 4 is 28.9 Å². The summed E-state index contributed by atoms with van der Waals surface area (Å²) >= 11 is 6.11. The number of hydrogen-bond donors (Lipinski definition) is 2. The molecule has 0 fully saturated rings. The molecule has 3 rings (SSSR count). The van der Waals surface area contributed by atoms with E-state index in [0.717, 1.165) is 0 Å². The molecule has 0 aliphatic heterocycles. The summed E-state index contributed by atoms with van der Waals surface area (Å²) in [4.78, 5) is 8.40. The second kappa shape index (κ2) is 7.25. The van der Waals surface area contributed by atoms with E-state index in [4.69, 9.17) is 22.1 Å². The molecule has 122 valence electrons. The minimum absolute atomic E-state index is 0.112. The first-order valence-electron chi connectivity index (χ1n) is 7.01. The zero-order valence-electron chi connectivity index (χ0n) is 12.7. The highest BCUT2D eigenvalue weighted by molar-refractivity contribution is 6.33. The first-order chi connectivity index (χ1) is 12.2. The summed E-state index contributed by atoms with van der Waals surface area (Å²) in [5.74, 6) is 0.830. The summed E-state index contributed by atoms with van der Waals surface area (Å²) in [7, 11) is 0. The van der Waals surface area contributed by atoms with Crippen LogP contribution in [0.5, 0.6) is 0 Å². The highest BCUT2D eigenvalue weighted by Gasteiger charge is 2.10. The van der Waals surface area contributed by atoms with Gasteiger partial charge >= 0.3 is 0 Å². The monoisotopic (exact) mass is 351 g/mol. The maximum absolute atomic E-state index is 8.85. The van der Waals surface area contributed by atoms with Crippen molar-refractivity contribution < 1.29 is 0 Å². The van der Waals surface area contributed by atoms with E-state index in [1.807, 2.05) is 12.1 Å². The molecule has 0 spiro atoms. The van der Waals surface area contributed by atoms with E-state index >= 15 is 0 Å². The third-order valence-corrected chi connectivity index (χ3v) is 3.42. The van der Waals surface area contributed by atoms with Crippen LogP contribution in [0.25, 0.3) is 5.69 Å². The largest absolute Gasteiger partial charge is 0.370 e. The van der Waals surface area contributed by atoms with Crippen LogP contribution in [0.15, 0.2) is 36.9 Å². The summed E-state index contributed by atoms with van der Waals surface area (Å²) in [6.07, 6.45) is 6.20. The Balaban J connectivity index is 1.92. The van der Waals surface area contributed by atoms with Gasteiger partial charge in [0.05, 0.1) is 40.9 Å². The van der Waals surface area contributed by atoms with Crippen LogP contribution >= 0.6 is 11.6 Å². The number of nitrogens with zero attached hydrogens (tertiary/aromatic N) is 7. The molecule has 3 aromatic rings. The van der Waals surface area contributed by atoms with Crippen molar-refractivity contribution in [3.05, 3.63) is 47.5 Å². The van der Waals surface area contributed by atoms with Gasteiger partial charge in [-0.1, -0.05) is 16.8 Å². The predicted octanol–water partition coefficient (Wildman–Crippen LogP) is 2.26. The molecule has 0 aromatic carbocycles. The van der Waals surface area contributed by atoms with E-state index in [-0.39, 0.29) is 6.54 Å². The van der Waals surface area contributed by atoms with Gasteiger partial charge in [0, 0.05) is 12.3 Å². The number of halogens is 1. The van der Waals surface area contributed by atoms with Crippen LogP contribution in [0, 0.1) is 22.7 Å². The third-order valence-electron chi connectivity index (χ3n) is 3.13. The Hall–Kier alpha value is -3.69. The molecule has 0 aliphatic carbocycles. The summed E-state index contributed by atoms with van der Waals surface area (Å²) in [5.41, 5.74) is 1.63. The van der Waals surface area contributed by atoms with Gasteiger partial charge < -0.3 is 10.6 Å². The molecule has 25 heavy (non-hydrogen) atoms. The first kappa shape index (κ1) is 16.2. The van der Waals surface area contributed by atoms with Crippen molar-refractivity contribution in [2.75, 3.05) is 17.2 Å². The maximum atomic E-state index is 8.85. The SMILES string of the molecule is N#CCNc1cc(Nc2ncc(C#N)cc2Cl)ncc1-n1ccnn1. The number of hydrogen-bond acceptors (Lipinski definition) is 8. The highest BCUT2D eigenvalue weighted by atomic mass is 35.5. The quantitative estimate of drug-likeness (QED) is 0.670. The van der Waals surface area contributed by atoms with Crippen LogP contribution < -0.4 is 10.6 Å².